The third-order valence-corrected chi connectivity index (χ3v) is 2.79. The molecular weight excluding hydrogens is 254 g/mol. The van der Waals surface area contributed by atoms with E-state index in [1.54, 1.807) is 32.3 Å². The van der Waals surface area contributed by atoms with Crippen molar-refractivity contribution in [3.05, 3.63) is 53.5 Å². The lowest BCUT2D eigenvalue weighted by atomic mass is 10.1. The van der Waals surface area contributed by atoms with Crippen LogP contribution in [0.15, 0.2) is 40.8 Å². The van der Waals surface area contributed by atoms with Gasteiger partial charge in [-0.2, -0.15) is 5.26 Å². The van der Waals surface area contributed by atoms with Gasteiger partial charge in [0.25, 0.3) is 5.91 Å². The number of anilines is 1. The maximum absolute atomic E-state index is 12.0. The van der Waals surface area contributed by atoms with Crippen molar-refractivity contribution in [1.82, 2.24) is 4.90 Å². The molecule has 0 aliphatic heterocycles. The van der Waals surface area contributed by atoms with Gasteiger partial charge in [-0.1, -0.05) is 12.1 Å². The first-order valence-electron chi connectivity index (χ1n) is 6.15. The minimum Gasteiger partial charge on any atom is -0.449 e. The molecule has 0 bridgehead atoms. The predicted molar refractivity (Wildman–Crippen MR) is 75.2 cm³/mol. The standard InChI is InChI=1S/C15H15N3O2/c1-18(2)15(19)13-5-3-4-6-14(13)17-10-12-8-7-11(9-16)20-12/h3-8,17H,10H2,1-2H3. The summed E-state index contributed by atoms with van der Waals surface area (Å²) in [5.41, 5.74) is 1.34. The Labute approximate surface area is 117 Å². The van der Waals surface area contributed by atoms with Gasteiger partial charge in [-0.25, -0.2) is 0 Å². The summed E-state index contributed by atoms with van der Waals surface area (Å²) >= 11 is 0. The second-order valence-corrected chi connectivity index (χ2v) is 4.48. The fraction of sp³-hybridized carbons (Fsp3) is 0.200. The molecule has 2 rings (SSSR count). The summed E-state index contributed by atoms with van der Waals surface area (Å²) in [6.45, 7) is 0.416. The number of nitriles is 1. The fourth-order valence-electron chi connectivity index (χ4n) is 1.78. The Balaban J connectivity index is 2.13. The first kappa shape index (κ1) is 13.7. The third-order valence-electron chi connectivity index (χ3n) is 2.79. The number of nitrogens with one attached hydrogen (secondary N) is 1. The second-order valence-electron chi connectivity index (χ2n) is 4.48. The first-order chi connectivity index (χ1) is 9.61. The molecule has 0 atom stereocenters. The van der Waals surface area contributed by atoms with Crippen LogP contribution in [0.25, 0.3) is 0 Å². The zero-order valence-electron chi connectivity index (χ0n) is 11.4. The van der Waals surface area contributed by atoms with E-state index in [0.29, 0.717) is 17.9 Å². The van der Waals surface area contributed by atoms with Crippen molar-refractivity contribution >= 4 is 11.6 Å². The van der Waals surface area contributed by atoms with Crippen molar-refractivity contribution in [1.29, 1.82) is 5.26 Å². The molecular formula is C15H15N3O2. The Kier molecular flexibility index (Phi) is 4.06. The van der Waals surface area contributed by atoms with Crippen molar-refractivity contribution in [3.8, 4) is 6.07 Å². The Morgan fingerprint density at radius 2 is 2.05 bits per heavy atom. The normalized spacial score (nSPS) is 9.85. The predicted octanol–water partition coefficient (Wildman–Crippen LogP) is 2.47. The number of rotatable bonds is 4. The number of nitrogens with zero attached hydrogens (tertiary/aromatic N) is 2. The van der Waals surface area contributed by atoms with E-state index in [4.69, 9.17) is 9.68 Å². The molecule has 0 aliphatic carbocycles. The van der Waals surface area contributed by atoms with Crippen LogP contribution in [0.3, 0.4) is 0 Å². The zero-order valence-corrected chi connectivity index (χ0v) is 11.4. The van der Waals surface area contributed by atoms with Gasteiger partial charge in [-0.3, -0.25) is 4.79 Å². The number of carbonyl (C=O) groups excluding carboxylic acids is 1. The molecule has 0 saturated heterocycles. The molecule has 1 N–H and O–H groups in total. The Morgan fingerprint density at radius 1 is 1.30 bits per heavy atom. The average Bonchev–Trinajstić information content (AvgIpc) is 2.92. The van der Waals surface area contributed by atoms with E-state index < -0.39 is 0 Å². The highest BCUT2D eigenvalue weighted by molar-refractivity contribution is 5.99. The number of furan rings is 1. The highest BCUT2D eigenvalue weighted by Crippen LogP contribution is 2.18. The Bertz CT molecular complexity index is 653. The molecule has 0 unspecified atom stereocenters. The highest BCUT2D eigenvalue weighted by atomic mass is 16.3. The molecule has 2 aromatic rings. The molecule has 102 valence electrons. The molecule has 0 radical (unpaired) electrons. The van der Waals surface area contributed by atoms with Crippen molar-refractivity contribution in [2.24, 2.45) is 0 Å². The van der Waals surface area contributed by atoms with E-state index in [1.165, 1.54) is 4.90 Å². The molecule has 1 aromatic heterocycles. The number of carbonyl (C=O) groups is 1. The van der Waals surface area contributed by atoms with Crippen molar-refractivity contribution in [3.63, 3.8) is 0 Å². The maximum Gasteiger partial charge on any atom is 0.255 e. The lowest BCUT2D eigenvalue weighted by molar-refractivity contribution is 0.0828. The SMILES string of the molecule is CN(C)C(=O)c1ccccc1NCc1ccc(C#N)o1. The fourth-order valence-corrected chi connectivity index (χ4v) is 1.78. The monoisotopic (exact) mass is 269 g/mol. The van der Waals surface area contributed by atoms with Crippen LogP contribution in [-0.2, 0) is 6.54 Å². The molecule has 1 amide bonds. The van der Waals surface area contributed by atoms with Gasteiger partial charge in [0.15, 0.2) is 0 Å². The van der Waals surface area contributed by atoms with Gasteiger partial charge in [0.2, 0.25) is 5.76 Å². The van der Waals surface area contributed by atoms with E-state index >= 15 is 0 Å². The number of hydrogen-bond donors (Lipinski definition) is 1. The number of benzene rings is 1. The minimum absolute atomic E-state index is 0.0646. The van der Waals surface area contributed by atoms with Crippen LogP contribution in [0.4, 0.5) is 5.69 Å². The lowest BCUT2D eigenvalue weighted by Gasteiger charge is -2.14. The number of amides is 1. The minimum atomic E-state index is -0.0646. The molecule has 20 heavy (non-hydrogen) atoms. The van der Waals surface area contributed by atoms with Gasteiger partial charge in [0.1, 0.15) is 11.8 Å². The molecule has 5 nitrogen and oxygen atoms in total. The molecule has 0 fully saturated rings. The zero-order chi connectivity index (χ0) is 14.5. The van der Waals surface area contributed by atoms with Crippen molar-refractivity contribution < 1.29 is 9.21 Å². The summed E-state index contributed by atoms with van der Waals surface area (Å²) in [5.74, 6) is 0.860. The Hall–Kier alpha value is -2.74. The van der Waals surface area contributed by atoms with Gasteiger partial charge in [-0.05, 0) is 24.3 Å². The summed E-state index contributed by atoms with van der Waals surface area (Å²) in [6.07, 6.45) is 0. The van der Waals surface area contributed by atoms with Crippen LogP contribution in [-0.4, -0.2) is 24.9 Å². The molecule has 5 heteroatoms. The van der Waals surface area contributed by atoms with E-state index in [-0.39, 0.29) is 11.7 Å². The van der Waals surface area contributed by atoms with Crippen LogP contribution in [0.5, 0.6) is 0 Å². The van der Waals surface area contributed by atoms with Crippen LogP contribution in [0, 0.1) is 11.3 Å². The summed E-state index contributed by atoms with van der Waals surface area (Å²) < 4.78 is 5.28. The molecule has 1 aromatic carbocycles. The lowest BCUT2D eigenvalue weighted by Crippen LogP contribution is -2.22. The number of para-hydroxylation sites is 1. The topological polar surface area (TPSA) is 69.3 Å². The van der Waals surface area contributed by atoms with E-state index in [1.807, 2.05) is 24.3 Å². The van der Waals surface area contributed by atoms with Gasteiger partial charge < -0.3 is 14.6 Å². The highest BCUT2D eigenvalue weighted by Gasteiger charge is 2.12. The average molecular weight is 269 g/mol. The summed E-state index contributed by atoms with van der Waals surface area (Å²) in [4.78, 5) is 13.6. The van der Waals surface area contributed by atoms with Gasteiger partial charge >= 0.3 is 0 Å². The quantitative estimate of drug-likeness (QED) is 0.925. The van der Waals surface area contributed by atoms with Crippen LogP contribution >= 0.6 is 0 Å². The first-order valence-corrected chi connectivity index (χ1v) is 6.15. The van der Waals surface area contributed by atoms with E-state index in [2.05, 4.69) is 5.32 Å². The smallest absolute Gasteiger partial charge is 0.255 e. The maximum atomic E-state index is 12.0. The van der Waals surface area contributed by atoms with Gasteiger partial charge in [0, 0.05) is 19.8 Å². The summed E-state index contributed by atoms with van der Waals surface area (Å²) in [6, 6.07) is 12.6. The third kappa shape index (κ3) is 2.98. The molecule has 1 heterocycles. The van der Waals surface area contributed by atoms with Crippen LogP contribution in [0.2, 0.25) is 0 Å². The van der Waals surface area contributed by atoms with Crippen molar-refractivity contribution in [2.45, 2.75) is 6.54 Å². The van der Waals surface area contributed by atoms with Crippen LogP contribution < -0.4 is 5.32 Å². The largest absolute Gasteiger partial charge is 0.449 e. The van der Waals surface area contributed by atoms with Crippen LogP contribution in [0.1, 0.15) is 21.9 Å². The Morgan fingerprint density at radius 3 is 2.70 bits per heavy atom. The van der Waals surface area contributed by atoms with E-state index in [0.717, 1.165) is 5.69 Å². The second kappa shape index (κ2) is 5.93. The van der Waals surface area contributed by atoms with Crippen molar-refractivity contribution in [2.75, 3.05) is 19.4 Å². The molecule has 0 spiro atoms. The molecule has 0 saturated carbocycles. The van der Waals surface area contributed by atoms with E-state index in [9.17, 15) is 4.79 Å². The van der Waals surface area contributed by atoms with Gasteiger partial charge in [-0.15, -0.1) is 0 Å². The van der Waals surface area contributed by atoms with Gasteiger partial charge in [0.05, 0.1) is 12.1 Å². The molecule has 0 aliphatic rings. The summed E-state index contributed by atoms with van der Waals surface area (Å²) in [5, 5.41) is 11.9. The number of hydrogen-bond acceptors (Lipinski definition) is 4. The summed E-state index contributed by atoms with van der Waals surface area (Å²) in [7, 11) is 3.43.